The van der Waals surface area contributed by atoms with Crippen LogP contribution in [0.5, 0.6) is 0 Å². The molecule has 0 aliphatic carbocycles. The van der Waals surface area contributed by atoms with Crippen LogP contribution in [0.1, 0.15) is 6.42 Å². The standard InChI is InChI=1S/C14H19FN2S/c15-12-1-3-13(4-2-12)16-6-8-17(9-7-16)14-5-10-18-11-14/h1-4,14H,5-11H2/t14-/m0/s1. The van der Waals surface area contributed by atoms with Crippen LogP contribution in [0.3, 0.4) is 0 Å². The van der Waals surface area contributed by atoms with Crippen LogP contribution < -0.4 is 4.90 Å². The van der Waals surface area contributed by atoms with Crippen LogP contribution in [0.2, 0.25) is 0 Å². The quantitative estimate of drug-likeness (QED) is 0.812. The highest BCUT2D eigenvalue weighted by atomic mass is 32.2. The number of hydrogen-bond acceptors (Lipinski definition) is 3. The molecule has 2 aliphatic heterocycles. The van der Waals surface area contributed by atoms with Gasteiger partial charge in [0, 0.05) is 43.7 Å². The third-order valence-electron chi connectivity index (χ3n) is 3.93. The topological polar surface area (TPSA) is 6.48 Å². The first-order valence-corrected chi connectivity index (χ1v) is 7.81. The van der Waals surface area contributed by atoms with Gasteiger partial charge in [-0.25, -0.2) is 4.39 Å². The maximum absolute atomic E-state index is 12.9. The molecule has 0 amide bonds. The van der Waals surface area contributed by atoms with Gasteiger partial charge in [0.15, 0.2) is 0 Å². The number of piperazine rings is 1. The Morgan fingerprint density at radius 3 is 2.39 bits per heavy atom. The molecule has 1 aromatic carbocycles. The lowest BCUT2D eigenvalue weighted by atomic mass is 10.1. The summed E-state index contributed by atoms with van der Waals surface area (Å²) in [5.41, 5.74) is 1.15. The van der Waals surface area contributed by atoms with E-state index in [2.05, 4.69) is 21.6 Å². The Kier molecular flexibility index (Phi) is 3.75. The van der Waals surface area contributed by atoms with Gasteiger partial charge < -0.3 is 4.90 Å². The lowest BCUT2D eigenvalue weighted by Gasteiger charge is -2.38. The monoisotopic (exact) mass is 266 g/mol. The van der Waals surface area contributed by atoms with Gasteiger partial charge in [-0.2, -0.15) is 11.8 Å². The van der Waals surface area contributed by atoms with Crippen molar-refractivity contribution in [1.82, 2.24) is 4.90 Å². The molecule has 2 aliphatic rings. The van der Waals surface area contributed by atoms with Crippen molar-refractivity contribution in [3.63, 3.8) is 0 Å². The molecule has 0 bridgehead atoms. The maximum Gasteiger partial charge on any atom is 0.123 e. The average Bonchev–Trinajstić information content (AvgIpc) is 2.94. The van der Waals surface area contributed by atoms with Crippen molar-refractivity contribution in [3.8, 4) is 0 Å². The smallest absolute Gasteiger partial charge is 0.123 e. The van der Waals surface area contributed by atoms with Crippen LogP contribution in [-0.4, -0.2) is 48.6 Å². The van der Waals surface area contributed by atoms with Crippen molar-refractivity contribution in [1.29, 1.82) is 0 Å². The van der Waals surface area contributed by atoms with Gasteiger partial charge in [0.2, 0.25) is 0 Å². The minimum absolute atomic E-state index is 0.152. The molecule has 2 saturated heterocycles. The molecule has 18 heavy (non-hydrogen) atoms. The molecule has 0 unspecified atom stereocenters. The van der Waals surface area contributed by atoms with E-state index in [9.17, 15) is 4.39 Å². The van der Waals surface area contributed by atoms with E-state index in [1.807, 2.05) is 12.1 Å². The van der Waals surface area contributed by atoms with E-state index < -0.39 is 0 Å². The minimum atomic E-state index is -0.152. The summed E-state index contributed by atoms with van der Waals surface area (Å²) in [7, 11) is 0. The van der Waals surface area contributed by atoms with Crippen LogP contribution in [0.25, 0.3) is 0 Å². The third-order valence-corrected chi connectivity index (χ3v) is 5.07. The van der Waals surface area contributed by atoms with E-state index in [1.54, 1.807) is 12.1 Å². The van der Waals surface area contributed by atoms with Gasteiger partial charge in [0.1, 0.15) is 5.82 Å². The molecule has 3 rings (SSSR count). The Morgan fingerprint density at radius 1 is 1.06 bits per heavy atom. The summed E-state index contributed by atoms with van der Waals surface area (Å²) in [5, 5.41) is 0. The zero-order valence-corrected chi connectivity index (χ0v) is 11.3. The van der Waals surface area contributed by atoms with Gasteiger partial charge in [-0.15, -0.1) is 0 Å². The molecule has 2 nitrogen and oxygen atoms in total. The lowest BCUT2D eigenvalue weighted by molar-refractivity contribution is 0.201. The second kappa shape index (κ2) is 5.49. The van der Waals surface area contributed by atoms with Gasteiger partial charge in [0.05, 0.1) is 0 Å². The number of hydrogen-bond donors (Lipinski definition) is 0. The van der Waals surface area contributed by atoms with Crippen LogP contribution in [0.4, 0.5) is 10.1 Å². The summed E-state index contributed by atoms with van der Waals surface area (Å²) in [6, 6.07) is 7.67. The van der Waals surface area contributed by atoms with Crippen LogP contribution >= 0.6 is 11.8 Å². The molecule has 1 atom stereocenters. The van der Waals surface area contributed by atoms with Crippen molar-refractivity contribution >= 4 is 17.4 Å². The van der Waals surface area contributed by atoms with Crippen molar-refractivity contribution in [2.45, 2.75) is 12.5 Å². The van der Waals surface area contributed by atoms with Crippen LogP contribution in [-0.2, 0) is 0 Å². The van der Waals surface area contributed by atoms with Gasteiger partial charge in [-0.05, 0) is 36.4 Å². The summed E-state index contributed by atoms with van der Waals surface area (Å²) in [6.45, 7) is 4.41. The van der Waals surface area contributed by atoms with E-state index in [0.29, 0.717) is 0 Å². The first kappa shape index (κ1) is 12.3. The van der Waals surface area contributed by atoms with Crippen molar-refractivity contribution in [2.75, 3.05) is 42.6 Å². The molecular weight excluding hydrogens is 247 g/mol. The van der Waals surface area contributed by atoms with E-state index in [4.69, 9.17) is 0 Å². The van der Waals surface area contributed by atoms with Crippen molar-refractivity contribution in [3.05, 3.63) is 30.1 Å². The summed E-state index contributed by atoms with van der Waals surface area (Å²) >= 11 is 2.08. The molecule has 4 heteroatoms. The first-order chi connectivity index (χ1) is 8.83. The van der Waals surface area contributed by atoms with E-state index in [1.165, 1.54) is 17.9 Å². The predicted molar refractivity (Wildman–Crippen MR) is 75.9 cm³/mol. The molecule has 98 valence electrons. The van der Waals surface area contributed by atoms with Gasteiger partial charge >= 0.3 is 0 Å². The van der Waals surface area contributed by atoms with E-state index in [-0.39, 0.29) is 5.82 Å². The average molecular weight is 266 g/mol. The minimum Gasteiger partial charge on any atom is -0.369 e. The molecule has 0 radical (unpaired) electrons. The van der Waals surface area contributed by atoms with E-state index in [0.717, 1.165) is 37.9 Å². The Balaban J connectivity index is 1.57. The van der Waals surface area contributed by atoms with E-state index >= 15 is 0 Å². The third kappa shape index (κ3) is 2.64. The highest BCUT2D eigenvalue weighted by Gasteiger charge is 2.26. The summed E-state index contributed by atoms with van der Waals surface area (Å²) in [4.78, 5) is 4.98. The highest BCUT2D eigenvalue weighted by Crippen LogP contribution is 2.24. The number of halogens is 1. The maximum atomic E-state index is 12.9. The molecule has 0 aromatic heterocycles. The Hall–Kier alpha value is -0.740. The zero-order chi connectivity index (χ0) is 12.4. The SMILES string of the molecule is Fc1ccc(N2CCN([C@H]3CCSC3)CC2)cc1. The van der Waals surface area contributed by atoms with Gasteiger partial charge in [-0.3, -0.25) is 4.90 Å². The largest absolute Gasteiger partial charge is 0.369 e. The Labute approximate surface area is 112 Å². The summed E-state index contributed by atoms with van der Waals surface area (Å²) in [5.74, 6) is 2.47. The van der Waals surface area contributed by atoms with Crippen molar-refractivity contribution < 1.29 is 4.39 Å². The molecular formula is C14H19FN2S. The second-order valence-electron chi connectivity index (χ2n) is 5.02. The van der Waals surface area contributed by atoms with Crippen molar-refractivity contribution in [2.24, 2.45) is 0 Å². The Morgan fingerprint density at radius 2 is 1.78 bits per heavy atom. The molecule has 2 fully saturated rings. The Bertz CT molecular complexity index is 381. The molecule has 1 aromatic rings. The fourth-order valence-corrected chi connectivity index (χ4v) is 4.06. The number of anilines is 1. The van der Waals surface area contributed by atoms with Gasteiger partial charge in [-0.1, -0.05) is 0 Å². The molecule has 0 spiro atoms. The fraction of sp³-hybridized carbons (Fsp3) is 0.571. The predicted octanol–water partition coefficient (Wildman–Crippen LogP) is 2.45. The summed E-state index contributed by atoms with van der Waals surface area (Å²) in [6.07, 6.45) is 1.35. The van der Waals surface area contributed by atoms with Crippen LogP contribution in [0, 0.1) is 5.82 Å². The number of nitrogens with zero attached hydrogens (tertiary/aromatic N) is 2. The number of rotatable bonds is 2. The second-order valence-corrected chi connectivity index (χ2v) is 6.17. The highest BCUT2D eigenvalue weighted by molar-refractivity contribution is 7.99. The van der Waals surface area contributed by atoms with Gasteiger partial charge in [0.25, 0.3) is 0 Å². The summed E-state index contributed by atoms with van der Waals surface area (Å²) < 4.78 is 12.9. The molecule has 2 heterocycles. The fourth-order valence-electron chi connectivity index (χ4n) is 2.81. The first-order valence-electron chi connectivity index (χ1n) is 6.65. The van der Waals surface area contributed by atoms with Crippen LogP contribution in [0.15, 0.2) is 24.3 Å². The molecule has 0 saturated carbocycles. The normalized spacial score (nSPS) is 25.6. The number of benzene rings is 1. The molecule has 0 N–H and O–H groups in total. The lowest BCUT2D eigenvalue weighted by Crippen LogP contribution is -2.50. The number of thioether (sulfide) groups is 1. The zero-order valence-electron chi connectivity index (χ0n) is 10.5.